The van der Waals surface area contributed by atoms with Gasteiger partial charge in [-0.25, -0.2) is 4.98 Å². The van der Waals surface area contributed by atoms with E-state index >= 15 is 0 Å². The van der Waals surface area contributed by atoms with Gasteiger partial charge >= 0.3 is 0 Å². The van der Waals surface area contributed by atoms with Crippen LogP contribution in [0.25, 0.3) is 0 Å². The molecular weight excluding hydrogens is 104 g/mol. The minimum Gasteiger partial charge on any atom is -0.321 e. The fourth-order valence-electron chi connectivity index (χ4n) is 0.536. The topological polar surface area (TPSA) is 56.7 Å². The van der Waals surface area contributed by atoms with Crippen LogP contribution >= 0.6 is 0 Å². The van der Waals surface area contributed by atoms with Crippen LogP contribution in [0, 0.1) is 13.8 Å². The number of hydrogen-bond donors (Lipinski definition) is 1. The van der Waals surface area contributed by atoms with Crippen LogP contribution in [-0.4, -0.2) is 14.9 Å². The summed E-state index contributed by atoms with van der Waals surface area (Å²) in [6.45, 7) is 3.61. The molecule has 0 atom stereocenters. The van der Waals surface area contributed by atoms with Crippen molar-refractivity contribution in [3.8, 4) is 0 Å². The second kappa shape index (κ2) is 1.47. The standard InChI is InChI=1S/C4H8N4/c1-3-6-4(2)8(5)7-3/h5H2,1-2H3. The molecule has 0 radical (unpaired) electrons. The van der Waals surface area contributed by atoms with Crippen molar-refractivity contribution >= 4 is 0 Å². The predicted octanol–water partition coefficient (Wildman–Crippen LogP) is -0.391. The highest BCUT2D eigenvalue weighted by Crippen LogP contribution is 1.87. The molecule has 2 N–H and O–H groups in total. The van der Waals surface area contributed by atoms with Gasteiger partial charge in [0.1, 0.15) is 11.6 Å². The van der Waals surface area contributed by atoms with Crippen molar-refractivity contribution in [3.63, 3.8) is 0 Å². The van der Waals surface area contributed by atoms with Crippen molar-refractivity contribution in [2.45, 2.75) is 13.8 Å². The zero-order chi connectivity index (χ0) is 6.15. The Morgan fingerprint density at radius 2 is 2.12 bits per heavy atom. The smallest absolute Gasteiger partial charge is 0.149 e. The maximum absolute atomic E-state index is 5.28. The summed E-state index contributed by atoms with van der Waals surface area (Å²) in [4.78, 5) is 5.20. The molecule has 0 saturated carbocycles. The highest BCUT2D eigenvalue weighted by Gasteiger charge is 1.94. The molecule has 0 aliphatic carbocycles. The summed E-state index contributed by atoms with van der Waals surface area (Å²) in [6.07, 6.45) is 0. The molecule has 1 heterocycles. The van der Waals surface area contributed by atoms with Gasteiger partial charge in [0.25, 0.3) is 0 Å². The maximum Gasteiger partial charge on any atom is 0.149 e. The Morgan fingerprint density at radius 1 is 1.50 bits per heavy atom. The summed E-state index contributed by atoms with van der Waals surface area (Å²) in [5.74, 6) is 6.74. The van der Waals surface area contributed by atoms with Crippen molar-refractivity contribution < 1.29 is 0 Å². The normalized spacial score (nSPS) is 9.75. The van der Waals surface area contributed by atoms with Gasteiger partial charge in [-0.2, -0.15) is 4.79 Å². The summed E-state index contributed by atoms with van der Waals surface area (Å²) in [5, 5.41) is 3.79. The summed E-state index contributed by atoms with van der Waals surface area (Å²) in [7, 11) is 0. The Bertz CT molecular complexity index is 170. The number of rotatable bonds is 0. The van der Waals surface area contributed by atoms with E-state index < -0.39 is 0 Å². The molecule has 0 saturated heterocycles. The molecule has 1 rings (SSSR count). The van der Waals surface area contributed by atoms with Crippen LogP contribution in [0.3, 0.4) is 0 Å². The van der Waals surface area contributed by atoms with Gasteiger partial charge in [-0.05, 0) is 13.8 Å². The average molecular weight is 112 g/mol. The second-order valence-electron chi connectivity index (χ2n) is 1.65. The van der Waals surface area contributed by atoms with Gasteiger partial charge in [-0.15, -0.1) is 5.10 Å². The first-order valence-electron chi connectivity index (χ1n) is 2.35. The Labute approximate surface area is 47.3 Å². The van der Waals surface area contributed by atoms with Crippen LogP contribution in [0.2, 0.25) is 0 Å². The number of aryl methyl sites for hydroxylation is 2. The Hall–Kier alpha value is -1.06. The monoisotopic (exact) mass is 112 g/mol. The van der Waals surface area contributed by atoms with Crippen LogP contribution in [-0.2, 0) is 0 Å². The Kier molecular flexibility index (Phi) is 0.932. The number of nitrogen functional groups attached to an aromatic ring is 1. The fourth-order valence-corrected chi connectivity index (χ4v) is 0.536. The first-order chi connectivity index (χ1) is 3.70. The zero-order valence-corrected chi connectivity index (χ0v) is 4.92. The van der Waals surface area contributed by atoms with Gasteiger partial charge < -0.3 is 5.84 Å². The Morgan fingerprint density at radius 3 is 2.25 bits per heavy atom. The molecule has 1 aromatic rings. The third kappa shape index (κ3) is 0.641. The predicted molar refractivity (Wildman–Crippen MR) is 29.6 cm³/mol. The molecule has 0 aliphatic rings. The fraction of sp³-hybridized carbons (Fsp3) is 0.500. The molecule has 0 unspecified atom stereocenters. The molecule has 0 aliphatic heterocycles. The lowest BCUT2D eigenvalue weighted by Crippen LogP contribution is -2.11. The lowest BCUT2D eigenvalue weighted by molar-refractivity contribution is 0.786. The molecule has 44 valence electrons. The van der Waals surface area contributed by atoms with Crippen molar-refractivity contribution in [1.29, 1.82) is 0 Å². The summed E-state index contributed by atoms with van der Waals surface area (Å²) < 4.78 is 0. The summed E-state index contributed by atoms with van der Waals surface area (Å²) in [6, 6.07) is 0. The number of hydrogen-bond acceptors (Lipinski definition) is 3. The van der Waals surface area contributed by atoms with Crippen LogP contribution in [0.15, 0.2) is 0 Å². The quantitative estimate of drug-likeness (QED) is 0.465. The molecule has 0 spiro atoms. The van der Waals surface area contributed by atoms with Crippen LogP contribution in [0.1, 0.15) is 11.6 Å². The van der Waals surface area contributed by atoms with Crippen LogP contribution in [0.4, 0.5) is 0 Å². The van der Waals surface area contributed by atoms with E-state index in [1.165, 1.54) is 4.79 Å². The van der Waals surface area contributed by atoms with Gasteiger partial charge in [0.15, 0.2) is 0 Å². The van der Waals surface area contributed by atoms with E-state index in [-0.39, 0.29) is 0 Å². The van der Waals surface area contributed by atoms with Crippen molar-refractivity contribution in [2.75, 3.05) is 5.84 Å². The van der Waals surface area contributed by atoms with Crippen molar-refractivity contribution in [3.05, 3.63) is 11.6 Å². The number of nitrogens with two attached hydrogens (primary N) is 1. The van der Waals surface area contributed by atoms with Crippen LogP contribution < -0.4 is 5.84 Å². The third-order valence-corrected chi connectivity index (χ3v) is 0.908. The molecule has 4 heteroatoms. The second-order valence-corrected chi connectivity index (χ2v) is 1.65. The maximum atomic E-state index is 5.28. The summed E-state index contributed by atoms with van der Waals surface area (Å²) >= 11 is 0. The van der Waals surface area contributed by atoms with E-state index in [2.05, 4.69) is 10.1 Å². The largest absolute Gasteiger partial charge is 0.321 e. The average Bonchev–Trinajstić information content (AvgIpc) is 1.85. The highest BCUT2D eigenvalue weighted by molar-refractivity contribution is 4.86. The van der Waals surface area contributed by atoms with E-state index in [4.69, 9.17) is 5.84 Å². The minimum absolute atomic E-state index is 0.713. The van der Waals surface area contributed by atoms with E-state index in [0.717, 1.165) is 5.82 Å². The lowest BCUT2D eigenvalue weighted by Gasteiger charge is -1.85. The first-order valence-corrected chi connectivity index (χ1v) is 2.35. The van der Waals surface area contributed by atoms with E-state index in [1.807, 2.05) is 0 Å². The number of nitrogens with zero attached hydrogens (tertiary/aromatic N) is 3. The van der Waals surface area contributed by atoms with E-state index in [0.29, 0.717) is 5.82 Å². The first kappa shape index (κ1) is 5.08. The molecule has 8 heavy (non-hydrogen) atoms. The van der Waals surface area contributed by atoms with Gasteiger partial charge in [0.05, 0.1) is 0 Å². The molecule has 1 aromatic heterocycles. The van der Waals surface area contributed by atoms with Gasteiger partial charge in [0, 0.05) is 0 Å². The van der Waals surface area contributed by atoms with Crippen LogP contribution in [0.5, 0.6) is 0 Å². The van der Waals surface area contributed by atoms with Gasteiger partial charge in [-0.3, -0.25) is 0 Å². The SMILES string of the molecule is Cc1nc(C)n(N)n1. The zero-order valence-electron chi connectivity index (χ0n) is 4.92. The third-order valence-electron chi connectivity index (χ3n) is 0.908. The number of aromatic nitrogens is 3. The van der Waals surface area contributed by atoms with E-state index in [1.54, 1.807) is 13.8 Å². The molecular formula is C4H8N4. The molecule has 0 fully saturated rings. The summed E-state index contributed by atoms with van der Waals surface area (Å²) in [5.41, 5.74) is 0. The molecule has 0 aromatic carbocycles. The minimum atomic E-state index is 0.713. The van der Waals surface area contributed by atoms with Gasteiger partial charge in [0.2, 0.25) is 0 Å². The lowest BCUT2D eigenvalue weighted by atomic mass is 10.7. The molecule has 4 nitrogen and oxygen atoms in total. The van der Waals surface area contributed by atoms with Crippen molar-refractivity contribution in [1.82, 2.24) is 14.9 Å². The highest BCUT2D eigenvalue weighted by atomic mass is 15.5. The van der Waals surface area contributed by atoms with E-state index in [9.17, 15) is 0 Å². The molecule has 0 amide bonds. The Balaban J connectivity index is 3.14. The molecule has 0 bridgehead atoms. The van der Waals surface area contributed by atoms with Crippen molar-refractivity contribution in [2.24, 2.45) is 0 Å². The van der Waals surface area contributed by atoms with Gasteiger partial charge in [-0.1, -0.05) is 0 Å².